The summed E-state index contributed by atoms with van der Waals surface area (Å²) in [6.45, 7) is 8.86. The monoisotopic (exact) mass is 866 g/mol. The van der Waals surface area contributed by atoms with Crippen LogP contribution in [0.1, 0.15) is 166 Å². The second-order valence-corrected chi connectivity index (χ2v) is 22.1. The van der Waals surface area contributed by atoms with Gasteiger partial charge in [-0.15, -0.1) is 47.0 Å². The summed E-state index contributed by atoms with van der Waals surface area (Å²) in [7, 11) is 0. The van der Waals surface area contributed by atoms with Crippen molar-refractivity contribution in [3.63, 3.8) is 0 Å². The lowest BCUT2D eigenvalue weighted by atomic mass is 9.61. The van der Waals surface area contributed by atoms with E-state index in [0.717, 1.165) is 61.5 Å². The van der Waals surface area contributed by atoms with Gasteiger partial charge >= 0.3 is 0 Å². The Hall–Kier alpha value is -1.88. The molecule has 2 saturated heterocycles. The van der Waals surface area contributed by atoms with E-state index < -0.39 is 19.0 Å². The molecule has 0 aromatic heterocycles. The number of nitrogens with one attached hydrogen (secondary N) is 2. The first-order valence-electron chi connectivity index (χ1n) is 22.6. The molecule has 0 spiro atoms. The molecule has 58 heavy (non-hydrogen) atoms. The van der Waals surface area contributed by atoms with E-state index in [1.807, 2.05) is 36.4 Å². The summed E-state index contributed by atoms with van der Waals surface area (Å²) < 4.78 is -2.47. The van der Waals surface area contributed by atoms with Crippen LogP contribution < -0.4 is 10.6 Å². The van der Waals surface area contributed by atoms with E-state index in [-0.39, 0.29) is 35.5 Å². The molecule has 2 saturated carbocycles. The van der Waals surface area contributed by atoms with Crippen LogP contribution in [-0.4, -0.2) is 65.6 Å². The molecule has 0 radical (unpaired) electrons. The summed E-state index contributed by atoms with van der Waals surface area (Å²) in [5, 5.41) is 5.49. The van der Waals surface area contributed by atoms with E-state index in [9.17, 15) is 19.2 Å². The number of thioether (sulfide) groups is 4. The molecule has 2 heterocycles. The van der Waals surface area contributed by atoms with Crippen LogP contribution in [0, 0.1) is 0 Å². The Bertz CT molecular complexity index is 1510. The molecular formula is C48H70N2O4S4. The van der Waals surface area contributed by atoms with Crippen LogP contribution >= 0.6 is 47.0 Å². The first-order valence-corrected chi connectivity index (χ1v) is 26.6. The molecule has 320 valence electrons. The van der Waals surface area contributed by atoms with Gasteiger partial charge in [-0.05, 0) is 72.7 Å². The highest BCUT2D eigenvalue weighted by Gasteiger charge is 2.79. The predicted octanol–water partition coefficient (Wildman–Crippen LogP) is 11.9. The van der Waals surface area contributed by atoms with Crippen molar-refractivity contribution >= 4 is 70.7 Å². The Kier molecular flexibility index (Phi) is 18.6. The Morgan fingerprint density at radius 1 is 0.431 bits per heavy atom. The zero-order chi connectivity index (χ0) is 41.5. The fourth-order valence-electron chi connectivity index (χ4n) is 9.45. The normalized spacial score (nSPS) is 28.1. The van der Waals surface area contributed by atoms with Gasteiger partial charge in [0.1, 0.15) is 19.0 Å². The number of hydrogen-bond acceptors (Lipinski definition) is 8. The molecule has 4 fully saturated rings. The van der Waals surface area contributed by atoms with Crippen LogP contribution in [0.4, 0.5) is 0 Å². The number of carbonyl (C=O) groups is 4. The highest BCUT2D eigenvalue weighted by atomic mass is 32.2. The Labute approximate surface area is 367 Å². The van der Waals surface area contributed by atoms with Crippen LogP contribution in [0.5, 0.6) is 0 Å². The van der Waals surface area contributed by atoms with Gasteiger partial charge in [-0.25, -0.2) is 0 Å². The summed E-state index contributed by atoms with van der Waals surface area (Å²) >= 11 is 7.03. The standard InChI is InChI=1S/2C24H35NO2S2/c2*1-3-5-7-12-16-28-23-18-20(19-14-10-9-11-15-19)24(23,22(27)25-21(23)26)29-17-13-8-6-4-2/h2*9-11,14-15,20H,3-8,12-13,16-18H2,1-2H3,(H,25,26,27)/t20-,23+,24-;20-,23-,24+/m10/s1. The summed E-state index contributed by atoms with van der Waals surface area (Å²) in [6, 6.07) is 20.7. The van der Waals surface area contributed by atoms with Gasteiger partial charge in [0.15, 0.2) is 0 Å². The number of fused-ring (bicyclic) bond motifs is 2. The van der Waals surface area contributed by atoms with E-state index in [1.165, 1.54) is 88.2 Å². The van der Waals surface area contributed by atoms with Gasteiger partial charge in [-0.2, -0.15) is 0 Å². The van der Waals surface area contributed by atoms with Crippen LogP contribution in [0.2, 0.25) is 0 Å². The number of hydrogen-bond donors (Lipinski definition) is 2. The zero-order valence-corrected chi connectivity index (χ0v) is 39.0. The minimum atomic E-state index is -0.646. The molecule has 2 aromatic rings. The van der Waals surface area contributed by atoms with Crippen molar-refractivity contribution in [3.05, 3.63) is 71.8 Å². The Morgan fingerprint density at radius 2 is 0.741 bits per heavy atom. The molecule has 6 atom stereocenters. The first-order chi connectivity index (χ1) is 28.2. The first kappa shape index (κ1) is 47.2. The number of carbonyl (C=O) groups excluding carboxylic acids is 4. The van der Waals surface area contributed by atoms with Crippen molar-refractivity contribution in [1.29, 1.82) is 0 Å². The maximum Gasteiger partial charge on any atom is 0.245 e. The molecular weight excluding hydrogens is 797 g/mol. The fraction of sp³-hybridized carbons (Fsp3) is 0.667. The van der Waals surface area contributed by atoms with Crippen molar-refractivity contribution in [2.45, 2.75) is 174 Å². The molecule has 6 rings (SSSR count). The molecule has 4 aliphatic rings. The summed E-state index contributed by atoms with van der Waals surface area (Å²) in [6.07, 6.45) is 20.6. The number of imide groups is 2. The zero-order valence-electron chi connectivity index (χ0n) is 35.8. The SMILES string of the molecule is CCCCCCS[C@]12C[C@@H](c3ccccc3)[C@@]1(SCCCCCC)C(=O)NC2=O.CCCCCCS[C@]12C[C@H](c3ccccc3)[C@@]1(SCCCCCC)C(=O)NC2=O. The topological polar surface area (TPSA) is 92.3 Å². The number of rotatable bonds is 26. The van der Waals surface area contributed by atoms with E-state index in [0.29, 0.717) is 0 Å². The van der Waals surface area contributed by atoms with Crippen LogP contribution in [0.25, 0.3) is 0 Å². The predicted molar refractivity (Wildman–Crippen MR) is 251 cm³/mol. The average molecular weight is 867 g/mol. The van der Waals surface area contributed by atoms with Crippen molar-refractivity contribution in [1.82, 2.24) is 10.6 Å². The molecule has 6 nitrogen and oxygen atoms in total. The molecule has 2 aliphatic carbocycles. The number of unbranched alkanes of at least 4 members (excludes halogenated alkanes) is 12. The smallest absolute Gasteiger partial charge is 0.245 e. The van der Waals surface area contributed by atoms with Crippen molar-refractivity contribution in [2.24, 2.45) is 0 Å². The van der Waals surface area contributed by atoms with Crippen molar-refractivity contribution < 1.29 is 19.2 Å². The van der Waals surface area contributed by atoms with E-state index in [1.54, 1.807) is 47.0 Å². The van der Waals surface area contributed by atoms with Crippen LogP contribution in [-0.2, 0) is 19.2 Å². The van der Waals surface area contributed by atoms with Gasteiger partial charge in [0.25, 0.3) is 0 Å². The molecule has 0 unspecified atom stereocenters. The van der Waals surface area contributed by atoms with Crippen molar-refractivity contribution in [3.8, 4) is 0 Å². The van der Waals surface area contributed by atoms with Gasteiger partial charge in [0.2, 0.25) is 23.6 Å². The lowest BCUT2D eigenvalue weighted by Crippen LogP contribution is -2.66. The van der Waals surface area contributed by atoms with Crippen LogP contribution in [0.3, 0.4) is 0 Å². The van der Waals surface area contributed by atoms with E-state index in [4.69, 9.17) is 0 Å². The van der Waals surface area contributed by atoms with Crippen LogP contribution in [0.15, 0.2) is 60.7 Å². The maximum atomic E-state index is 13.2. The third-order valence-electron chi connectivity index (χ3n) is 12.8. The summed E-state index contributed by atoms with van der Waals surface area (Å²) in [5.74, 6) is 3.86. The average Bonchev–Trinajstić information content (AvgIpc) is 3.47. The third kappa shape index (κ3) is 9.60. The Balaban J connectivity index is 0.000000221. The number of benzene rings is 2. The molecule has 10 heteroatoms. The molecule has 2 N–H and O–H groups in total. The minimum Gasteiger partial charge on any atom is -0.294 e. The third-order valence-corrected chi connectivity index (χ3v) is 19.9. The van der Waals surface area contributed by atoms with Gasteiger partial charge < -0.3 is 0 Å². The quantitative estimate of drug-likeness (QED) is 0.0714. The molecule has 4 amide bonds. The minimum absolute atomic E-state index is 0.0452. The maximum absolute atomic E-state index is 13.2. The Morgan fingerprint density at radius 3 is 1.05 bits per heavy atom. The lowest BCUT2D eigenvalue weighted by Gasteiger charge is -2.56. The van der Waals surface area contributed by atoms with E-state index >= 15 is 0 Å². The lowest BCUT2D eigenvalue weighted by molar-refractivity contribution is -0.126. The second kappa shape index (κ2) is 22.8. The van der Waals surface area contributed by atoms with Gasteiger partial charge in [0.05, 0.1) is 0 Å². The largest absolute Gasteiger partial charge is 0.294 e. The van der Waals surface area contributed by atoms with Gasteiger partial charge in [-0.1, -0.05) is 165 Å². The molecule has 2 aliphatic heterocycles. The summed E-state index contributed by atoms with van der Waals surface area (Å²) in [4.78, 5) is 52.6. The summed E-state index contributed by atoms with van der Waals surface area (Å²) in [5.41, 5.74) is 2.39. The second-order valence-electron chi connectivity index (χ2n) is 16.7. The molecule has 0 bridgehead atoms. The highest BCUT2D eigenvalue weighted by molar-refractivity contribution is 8.06. The van der Waals surface area contributed by atoms with E-state index in [2.05, 4.69) is 62.6 Å². The highest BCUT2D eigenvalue weighted by Crippen LogP contribution is 2.70. The van der Waals surface area contributed by atoms with Gasteiger partial charge in [-0.3, -0.25) is 29.8 Å². The number of amides is 4. The molecule has 2 aromatic carbocycles. The van der Waals surface area contributed by atoms with Gasteiger partial charge in [0, 0.05) is 11.8 Å². The van der Waals surface area contributed by atoms with Crippen molar-refractivity contribution in [2.75, 3.05) is 23.0 Å². The fourth-order valence-corrected chi connectivity index (χ4v) is 16.7.